The Morgan fingerprint density at radius 3 is 1.91 bits per heavy atom. The van der Waals surface area contributed by atoms with E-state index < -0.39 is 60.5 Å². The maximum Gasteiger partial charge on any atom is 0.329 e. The van der Waals surface area contributed by atoms with E-state index in [-0.39, 0.29) is 6.54 Å². The Kier molecular flexibility index (Phi) is 9.51. The van der Waals surface area contributed by atoms with Crippen molar-refractivity contribution in [1.82, 2.24) is 5.06 Å². The van der Waals surface area contributed by atoms with Crippen LogP contribution in [0.1, 0.15) is 33.3 Å². The molecule has 0 aliphatic carbocycles. The molecule has 12 heteroatoms. The third kappa shape index (κ3) is 7.25. The van der Waals surface area contributed by atoms with E-state index in [4.69, 9.17) is 28.5 Å². The standard InChI is InChI=1S/C22H27NO11/c1-12(24)30-19-18(33-22(32-14(3)26)20(19)31-13(2)25)17(21(28)29-5)23(34-15(4)27)11-16-9-7-6-8-10-16/h6-10,17-20,22H,11H2,1-5H3/t17-,18+,19+,20+,22-/m0/s1. The smallest absolute Gasteiger partial charge is 0.329 e. The van der Waals surface area contributed by atoms with E-state index in [9.17, 15) is 24.0 Å². The average Bonchev–Trinajstić information content (AvgIpc) is 3.03. The van der Waals surface area contributed by atoms with Crippen molar-refractivity contribution in [1.29, 1.82) is 0 Å². The quantitative estimate of drug-likeness (QED) is 0.277. The third-order valence-corrected chi connectivity index (χ3v) is 4.58. The molecule has 1 aromatic rings. The first-order chi connectivity index (χ1) is 16.0. The van der Waals surface area contributed by atoms with Crippen LogP contribution in [0.4, 0.5) is 0 Å². The van der Waals surface area contributed by atoms with Crippen LogP contribution in [0.3, 0.4) is 0 Å². The van der Waals surface area contributed by atoms with Gasteiger partial charge in [-0.05, 0) is 5.56 Å². The lowest BCUT2D eigenvalue weighted by atomic mass is 10.0. The van der Waals surface area contributed by atoms with E-state index in [0.717, 1.165) is 39.9 Å². The van der Waals surface area contributed by atoms with Crippen LogP contribution in [-0.2, 0) is 59.0 Å². The molecule has 5 atom stereocenters. The molecule has 0 N–H and O–H groups in total. The lowest BCUT2D eigenvalue weighted by molar-refractivity contribution is -0.233. The Bertz CT molecular complexity index is 903. The van der Waals surface area contributed by atoms with Crippen molar-refractivity contribution in [2.75, 3.05) is 7.11 Å². The zero-order chi connectivity index (χ0) is 25.4. The monoisotopic (exact) mass is 481 g/mol. The van der Waals surface area contributed by atoms with Gasteiger partial charge < -0.3 is 28.5 Å². The fourth-order valence-corrected chi connectivity index (χ4v) is 3.46. The molecule has 1 aliphatic heterocycles. The molecule has 0 unspecified atom stereocenters. The molecule has 0 aromatic heterocycles. The molecule has 1 aliphatic rings. The normalized spacial score (nSPS) is 22.4. The minimum Gasteiger partial charge on any atom is -0.468 e. The second kappa shape index (κ2) is 12.1. The van der Waals surface area contributed by atoms with Gasteiger partial charge in [0.05, 0.1) is 13.7 Å². The summed E-state index contributed by atoms with van der Waals surface area (Å²) < 4.78 is 26.3. The number of nitrogens with zero attached hydrogens (tertiary/aromatic N) is 1. The summed E-state index contributed by atoms with van der Waals surface area (Å²) in [4.78, 5) is 65.3. The molecule has 2 rings (SSSR count). The molecule has 0 amide bonds. The Balaban J connectivity index is 2.54. The summed E-state index contributed by atoms with van der Waals surface area (Å²) in [5.74, 6) is -4.01. The van der Waals surface area contributed by atoms with E-state index in [1.165, 1.54) is 0 Å². The number of ether oxygens (including phenoxy) is 5. The van der Waals surface area contributed by atoms with Crippen LogP contribution >= 0.6 is 0 Å². The van der Waals surface area contributed by atoms with Gasteiger partial charge in [0.25, 0.3) is 0 Å². The molecule has 186 valence electrons. The highest BCUT2D eigenvalue weighted by molar-refractivity contribution is 5.77. The summed E-state index contributed by atoms with van der Waals surface area (Å²) in [6.07, 6.45) is -5.76. The summed E-state index contributed by atoms with van der Waals surface area (Å²) in [5.41, 5.74) is 0.660. The van der Waals surface area contributed by atoms with Gasteiger partial charge in [-0.25, -0.2) is 0 Å². The predicted octanol–water partition coefficient (Wildman–Crippen LogP) is 0.660. The fourth-order valence-electron chi connectivity index (χ4n) is 3.46. The molecule has 0 spiro atoms. The molecule has 12 nitrogen and oxygen atoms in total. The third-order valence-electron chi connectivity index (χ3n) is 4.58. The number of benzene rings is 1. The molecule has 0 saturated carbocycles. The van der Waals surface area contributed by atoms with Crippen LogP contribution in [0, 0.1) is 0 Å². The SMILES string of the molecule is COC(=O)[C@H]([C@H]1O[C@H](OC(C)=O)[C@H](OC(C)=O)[C@@H]1OC(C)=O)N(Cc1ccccc1)OC(C)=O. The van der Waals surface area contributed by atoms with Crippen molar-refractivity contribution in [2.45, 2.75) is 64.9 Å². The van der Waals surface area contributed by atoms with Gasteiger partial charge in [-0.15, -0.1) is 5.06 Å². The van der Waals surface area contributed by atoms with Crippen LogP contribution in [0.5, 0.6) is 0 Å². The predicted molar refractivity (Wildman–Crippen MR) is 111 cm³/mol. The Hall–Kier alpha value is -3.51. The number of rotatable bonds is 9. The number of esters is 4. The van der Waals surface area contributed by atoms with E-state index in [1.807, 2.05) is 0 Å². The fraction of sp³-hybridized carbons (Fsp3) is 0.500. The molecule has 1 aromatic carbocycles. The van der Waals surface area contributed by atoms with E-state index >= 15 is 0 Å². The van der Waals surface area contributed by atoms with Gasteiger partial charge in [0.1, 0.15) is 6.10 Å². The number of carbonyl (C=O) groups is 5. The molecular formula is C22H27NO11. The lowest BCUT2D eigenvalue weighted by Crippen LogP contribution is -2.55. The minimum absolute atomic E-state index is 0.0801. The largest absolute Gasteiger partial charge is 0.468 e. The minimum atomic E-state index is -1.51. The van der Waals surface area contributed by atoms with Gasteiger partial charge in [-0.2, -0.15) is 0 Å². The van der Waals surface area contributed by atoms with E-state index in [1.54, 1.807) is 30.3 Å². The van der Waals surface area contributed by atoms with Gasteiger partial charge in [-0.1, -0.05) is 30.3 Å². The number of methoxy groups -OCH3 is 1. The zero-order valence-corrected chi connectivity index (χ0v) is 19.4. The highest BCUT2D eigenvalue weighted by Gasteiger charge is 2.57. The Morgan fingerprint density at radius 1 is 0.853 bits per heavy atom. The van der Waals surface area contributed by atoms with Gasteiger partial charge in [0, 0.05) is 27.7 Å². The van der Waals surface area contributed by atoms with Crippen molar-refractivity contribution in [3.63, 3.8) is 0 Å². The number of hydrogen-bond donors (Lipinski definition) is 0. The van der Waals surface area contributed by atoms with Gasteiger partial charge in [-0.3, -0.25) is 24.0 Å². The van der Waals surface area contributed by atoms with E-state index in [0.29, 0.717) is 5.56 Å². The first kappa shape index (κ1) is 26.7. The molecule has 0 bridgehead atoms. The van der Waals surface area contributed by atoms with Crippen LogP contribution in [0.15, 0.2) is 30.3 Å². The summed E-state index contributed by atoms with van der Waals surface area (Å²) in [6.45, 7) is 4.35. The van der Waals surface area contributed by atoms with Crippen molar-refractivity contribution < 1.29 is 52.5 Å². The maximum atomic E-state index is 12.9. The van der Waals surface area contributed by atoms with Gasteiger partial charge in [0.2, 0.25) is 12.4 Å². The average molecular weight is 481 g/mol. The van der Waals surface area contributed by atoms with Crippen LogP contribution < -0.4 is 0 Å². The molecule has 34 heavy (non-hydrogen) atoms. The molecular weight excluding hydrogens is 454 g/mol. The summed E-state index contributed by atoms with van der Waals surface area (Å²) in [5, 5.41) is 1.01. The van der Waals surface area contributed by atoms with Gasteiger partial charge >= 0.3 is 29.8 Å². The summed E-state index contributed by atoms with van der Waals surface area (Å²) in [7, 11) is 1.10. The summed E-state index contributed by atoms with van der Waals surface area (Å²) in [6, 6.07) is 7.23. The number of hydroxylamine groups is 2. The first-order valence-electron chi connectivity index (χ1n) is 10.3. The second-order valence-corrected chi connectivity index (χ2v) is 7.34. The highest BCUT2D eigenvalue weighted by atomic mass is 16.8. The highest BCUT2D eigenvalue weighted by Crippen LogP contribution is 2.33. The van der Waals surface area contributed by atoms with Crippen molar-refractivity contribution in [2.24, 2.45) is 0 Å². The Morgan fingerprint density at radius 2 is 1.41 bits per heavy atom. The van der Waals surface area contributed by atoms with Gasteiger partial charge in [0.15, 0.2) is 12.1 Å². The Labute approximate surface area is 195 Å². The molecule has 1 fully saturated rings. The zero-order valence-electron chi connectivity index (χ0n) is 19.4. The second-order valence-electron chi connectivity index (χ2n) is 7.34. The number of carbonyl (C=O) groups excluding carboxylic acids is 5. The van der Waals surface area contributed by atoms with E-state index in [2.05, 4.69) is 0 Å². The topological polar surface area (TPSA) is 144 Å². The van der Waals surface area contributed by atoms with Crippen LogP contribution in [-0.4, -0.2) is 72.7 Å². The molecule has 1 heterocycles. The number of hydrogen-bond acceptors (Lipinski definition) is 12. The summed E-state index contributed by atoms with van der Waals surface area (Å²) >= 11 is 0. The maximum absolute atomic E-state index is 12.9. The molecule has 1 saturated heterocycles. The van der Waals surface area contributed by atoms with Crippen LogP contribution in [0.2, 0.25) is 0 Å². The lowest BCUT2D eigenvalue weighted by Gasteiger charge is -2.33. The molecule has 0 radical (unpaired) electrons. The van der Waals surface area contributed by atoms with Crippen molar-refractivity contribution in [3.05, 3.63) is 35.9 Å². The van der Waals surface area contributed by atoms with Crippen LogP contribution in [0.25, 0.3) is 0 Å². The van der Waals surface area contributed by atoms with Crippen molar-refractivity contribution >= 4 is 29.8 Å². The van der Waals surface area contributed by atoms with Crippen molar-refractivity contribution in [3.8, 4) is 0 Å². The first-order valence-corrected chi connectivity index (χ1v) is 10.3.